The van der Waals surface area contributed by atoms with Crippen LogP contribution in [0.25, 0.3) is 53.2 Å². The summed E-state index contributed by atoms with van der Waals surface area (Å²) < 4.78 is 2.70. The summed E-state index contributed by atoms with van der Waals surface area (Å²) in [6.07, 6.45) is 7.06. The van der Waals surface area contributed by atoms with Crippen molar-refractivity contribution in [2.45, 2.75) is 37.5 Å². The van der Waals surface area contributed by atoms with Crippen molar-refractivity contribution < 1.29 is 0 Å². The Morgan fingerprint density at radius 3 is 2.00 bits per heavy atom. The van der Waals surface area contributed by atoms with Gasteiger partial charge in [0.15, 0.2) is 0 Å². The highest BCUT2D eigenvalue weighted by molar-refractivity contribution is 7.25. The largest absolute Gasteiger partial charge is 0.310 e. The molecule has 1 nitrogen and oxygen atoms in total. The Labute approximate surface area is 309 Å². The summed E-state index contributed by atoms with van der Waals surface area (Å²) in [5.74, 6) is 3.35. The molecule has 7 aromatic carbocycles. The first-order valence-electron chi connectivity index (χ1n) is 19.3. The van der Waals surface area contributed by atoms with Crippen LogP contribution in [-0.4, -0.2) is 0 Å². The molecule has 0 aliphatic heterocycles. The average Bonchev–Trinajstić information content (AvgIpc) is 3.71. The molecule has 8 aromatic rings. The molecular formula is C50H39NS. The van der Waals surface area contributed by atoms with E-state index in [1.165, 1.54) is 102 Å². The summed E-state index contributed by atoms with van der Waals surface area (Å²) in [6, 6.07) is 57.7. The Kier molecular flexibility index (Phi) is 6.17. The first-order valence-corrected chi connectivity index (χ1v) is 20.1. The van der Waals surface area contributed by atoms with Crippen LogP contribution in [0.15, 0.2) is 152 Å². The Balaban J connectivity index is 1.04. The van der Waals surface area contributed by atoms with Crippen molar-refractivity contribution in [1.29, 1.82) is 0 Å². The Hall–Kier alpha value is -5.18. The second kappa shape index (κ2) is 10.9. The molecule has 0 amide bonds. The van der Waals surface area contributed by atoms with Gasteiger partial charge in [0, 0.05) is 42.5 Å². The number of fused-ring (bicyclic) bond motifs is 7. The van der Waals surface area contributed by atoms with E-state index in [1.807, 2.05) is 11.3 Å². The molecule has 4 saturated carbocycles. The van der Waals surface area contributed by atoms with Crippen LogP contribution in [0, 0.1) is 23.7 Å². The molecule has 52 heavy (non-hydrogen) atoms. The van der Waals surface area contributed by atoms with E-state index in [0.29, 0.717) is 0 Å². The van der Waals surface area contributed by atoms with E-state index in [0.717, 1.165) is 23.7 Å². The van der Waals surface area contributed by atoms with Crippen molar-refractivity contribution in [3.05, 3.63) is 163 Å². The fourth-order valence-corrected chi connectivity index (χ4v) is 13.0. The SMILES string of the molecule is c1ccc2c(c1)-c1c(N(c3ccc(-c4ccc5c(c4)sc4ccccc45)cc3)c3ccc4ccccc4c3)cccc1C21C2CC3CC(C2)CC1C3. The molecule has 1 spiro atoms. The lowest BCUT2D eigenvalue weighted by atomic mass is 9.43. The van der Waals surface area contributed by atoms with Crippen LogP contribution in [0.1, 0.15) is 43.2 Å². The summed E-state index contributed by atoms with van der Waals surface area (Å²) >= 11 is 1.89. The van der Waals surface area contributed by atoms with E-state index >= 15 is 0 Å². The molecule has 0 radical (unpaired) electrons. The van der Waals surface area contributed by atoms with Gasteiger partial charge in [-0.25, -0.2) is 0 Å². The quantitative estimate of drug-likeness (QED) is 0.178. The van der Waals surface area contributed by atoms with Gasteiger partial charge in [0.2, 0.25) is 0 Å². The van der Waals surface area contributed by atoms with Gasteiger partial charge < -0.3 is 4.90 Å². The zero-order valence-electron chi connectivity index (χ0n) is 29.1. The van der Waals surface area contributed by atoms with Crippen LogP contribution in [0.3, 0.4) is 0 Å². The fraction of sp³-hybridized carbons (Fsp3) is 0.200. The highest BCUT2D eigenvalue weighted by Crippen LogP contribution is 2.70. The predicted molar refractivity (Wildman–Crippen MR) is 220 cm³/mol. The van der Waals surface area contributed by atoms with Crippen molar-refractivity contribution in [3.63, 3.8) is 0 Å². The van der Waals surface area contributed by atoms with Gasteiger partial charge in [0.05, 0.1) is 5.69 Å². The monoisotopic (exact) mass is 685 g/mol. The van der Waals surface area contributed by atoms with Gasteiger partial charge in [-0.3, -0.25) is 0 Å². The lowest BCUT2D eigenvalue weighted by Gasteiger charge is -2.61. The first kappa shape index (κ1) is 29.4. The van der Waals surface area contributed by atoms with Crippen LogP contribution in [0.4, 0.5) is 17.1 Å². The van der Waals surface area contributed by atoms with Crippen LogP contribution >= 0.6 is 11.3 Å². The van der Waals surface area contributed by atoms with Gasteiger partial charge in [-0.1, -0.05) is 109 Å². The molecule has 0 atom stereocenters. The zero-order chi connectivity index (χ0) is 34.0. The topological polar surface area (TPSA) is 3.24 Å². The van der Waals surface area contributed by atoms with E-state index in [-0.39, 0.29) is 5.41 Å². The molecule has 5 aliphatic carbocycles. The predicted octanol–water partition coefficient (Wildman–Crippen LogP) is 14.1. The number of anilines is 3. The molecule has 0 N–H and O–H groups in total. The van der Waals surface area contributed by atoms with Crippen molar-refractivity contribution >= 4 is 59.3 Å². The second-order valence-corrected chi connectivity index (χ2v) is 17.2. The normalized spacial score (nSPS) is 23.8. The maximum atomic E-state index is 2.55. The Bertz CT molecular complexity index is 2690. The van der Waals surface area contributed by atoms with E-state index in [9.17, 15) is 0 Å². The van der Waals surface area contributed by atoms with Gasteiger partial charge >= 0.3 is 0 Å². The van der Waals surface area contributed by atoms with Crippen molar-refractivity contribution in [3.8, 4) is 22.3 Å². The second-order valence-electron chi connectivity index (χ2n) is 16.1. The average molecular weight is 686 g/mol. The highest BCUT2D eigenvalue weighted by atomic mass is 32.1. The zero-order valence-corrected chi connectivity index (χ0v) is 30.0. The molecular weight excluding hydrogens is 647 g/mol. The Morgan fingerprint density at radius 1 is 0.481 bits per heavy atom. The molecule has 250 valence electrons. The molecule has 1 aromatic heterocycles. The van der Waals surface area contributed by atoms with Gasteiger partial charge in [0.1, 0.15) is 0 Å². The first-order chi connectivity index (χ1) is 25.7. The minimum atomic E-state index is 0.138. The van der Waals surface area contributed by atoms with Gasteiger partial charge in [-0.05, 0) is 137 Å². The number of benzene rings is 7. The van der Waals surface area contributed by atoms with E-state index < -0.39 is 0 Å². The molecule has 4 fully saturated rings. The third-order valence-electron chi connectivity index (χ3n) is 13.6. The highest BCUT2D eigenvalue weighted by Gasteiger charge is 2.61. The maximum absolute atomic E-state index is 2.55. The van der Waals surface area contributed by atoms with Crippen molar-refractivity contribution in [2.24, 2.45) is 23.7 Å². The smallest absolute Gasteiger partial charge is 0.0543 e. The van der Waals surface area contributed by atoms with Crippen LogP contribution in [0.5, 0.6) is 0 Å². The maximum Gasteiger partial charge on any atom is 0.0543 e. The standard InChI is InChI=1S/C50H39NS/c1-2-9-35-29-40(22-18-33(35)8-1)51(39-20-16-34(17-21-39)36-19-23-42-41-10-4-6-15-47(41)52-48(42)30-36)46-14-7-13-45-49(46)43-11-3-5-12-44(43)50(45)37-25-31-24-32(27-37)28-38(50)26-31/h1-23,29-32,37-38H,24-28H2. The Morgan fingerprint density at radius 2 is 1.15 bits per heavy atom. The van der Waals surface area contributed by atoms with Crippen molar-refractivity contribution in [2.75, 3.05) is 4.90 Å². The van der Waals surface area contributed by atoms with Crippen LogP contribution in [0.2, 0.25) is 0 Å². The fourth-order valence-electron chi connectivity index (χ4n) is 11.8. The van der Waals surface area contributed by atoms with Crippen LogP contribution in [-0.2, 0) is 5.41 Å². The lowest BCUT2D eigenvalue weighted by molar-refractivity contribution is -0.0399. The van der Waals surface area contributed by atoms with Gasteiger partial charge in [0.25, 0.3) is 0 Å². The number of hydrogen-bond donors (Lipinski definition) is 0. The minimum absolute atomic E-state index is 0.138. The number of hydrogen-bond acceptors (Lipinski definition) is 2. The number of thiophene rings is 1. The molecule has 1 heterocycles. The van der Waals surface area contributed by atoms with E-state index in [1.54, 1.807) is 11.1 Å². The summed E-state index contributed by atoms with van der Waals surface area (Å²) in [5.41, 5.74) is 12.5. The summed E-state index contributed by atoms with van der Waals surface area (Å²) in [6.45, 7) is 0. The van der Waals surface area contributed by atoms with E-state index in [4.69, 9.17) is 0 Å². The van der Waals surface area contributed by atoms with E-state index in [2.05, 4.69) is 157 Å². The molecule has 0 saturated heterocycles. The summed E-state index contributed by atoms with van der Waals surface area (Å²) in [7, 11) is 0. The molecule has 4 bridgehead atoms. The number of rotatable bonds is 4. The lowest BCUT2D eigenvalue weighted by Crippen LogP contribution is -2.55. The third-order valence-corrected chi connectivity index (χ3v) is 14.8. The summed E-state index contributed by atoms with van der Waals surface area (Å²) in [5, 5.41) is 5.24. The summed E-state index contributed by atoms with van der Waals surface area (Å²) in [4.78, 5) is 2.55. The van der Waals surface area contributed by atoms with Crippen LogP contribution < -0.4 is 4.90 Å². The number of nitrogens with zero attached hydrogens (tertiary/aromatic N) is 1. The molecule has 2 heteroatoms. The molecule has 13 rings (SSSR count). The molecule has 5 aliphatic rings. The minimum Gasteiger partial charge on any atom is -0.310 e. The third kappa shape index (κ3) is 4.05. The van der Waals surface area contributed by atoms with Gasteiger partial charge in [-0.15, -0.1) is 11.3 Å². The van der Waals surface area contributed by atoms with Gasteiger partial charge in [-0.2, -0.15) is 0 Å². The van der Waals surface area contributed by atoms with Crippen molar-refractivity contribution in [1.82, 2.24) is 0 Å². The molecule has 0 unspecified atom stereocenters.